The molecule has 9 aliphatic rings. The Hall–Kier alpha value is -14.3. The lowest BCUT2D eigenvalue weighted by Gasteiger charge is -2.38. The molecule has 0 atom stereocenters. The second-order valence-corrected chi connectivity index (χ2v) is 40.9. The van der Waals surface area contributed by atoms with E-state index in [1.165, 1.54) is 51.4 Å². The molecule has 9 aromatic rings. The molecular formula is C106H139N25O13. The van der Waals surface area contributed by atoms with Crippen molar-refractivity contribution in [2.45, 2.75) is 209 Å². The van der Waals surface area contributed by atoms with Gasteiger partial charge >= 0.3 is 0 Å². The van der Waals surface area contributed by atoms with Crippen LogP contribution in [0.4, 0.5) is 98.4 Å². The number of hydrogen-bond donors (Lipinski definition) is 7. The van der Waals surface area contributed by atoms with Crippen LogP contribution in [-0.4, -0.2) is 243 Å². The van der Waals surface area contributed by atoms with Crippen LogP contribution < -0.4 is 95.4 Å². The molecule has 4 aromatic carbocycles. The molecule has 5 aromatic heterocycles. The SMILES string of the molecule is CCCNC(=O)c1ccc(Nc2ncc3c(n2)N(C2CCCC2)CC(C)(C)C(=O)N3C)c(OC)c1.CCNC(=O)c1ccc(Nc2ncc3c(n2)N(C2CCCC2)CC(C)(C)C(=O)N3C)c(OC)c1.COc1cc(C(=O)N2CC(OC)C2)ccc1Nc1ncc2c(n1)N(C1CCCC1)CC(C)(C)C(=O)N2C.COc1cc(C(=O)Nc2ccccn2)ccc1Nc1ncc2c(n1)N(C1CCCC1)CC(C)(C)C(=O)N2C. The van der Waals surface area contributed by atoms with Gasteiger partial charge in [0.2, 0.25) is 47.4 Å². The zero-order valence-corrected chi connectivity index (χ0v) is 86.5. The molecule has 7 N–H and O–H groups in total. The molecule has 10 heterocycles. The van der Waals surface area contributed by atoms with Gasteiger partial charge in [0, 0.05) is 140 Å². The van der Waals surface area contributed by atoms with E-state index in [2.05, 4.69) is 81.7 Å². The van der Waals surface area contributed by atoms with Crippen molar-refractivity contribution in [1.29, 1.82) is 0 Å². The summed E-state index contributed by atoms with van der Waals surface area (Å²) >= 11 is 0. The van der Waals surface area contributed by atoms with E-state index in [1.54, 1.807) is 204 Å². The number of benzene rings is 4. The summed E-state index contributed by atoms with van der Waals surface area (Å²) in [4.78, 5) is 162. The highest BCUT2D eigenvalue weighted by Crippen LogP contribution is 2.48. The third-order valence-corrected chi connectivity index (χ3v) is 28.5. The minimum Gasteiger partial charge on any atom is -0.495 e. The summed E-state index contributed by atoms with van der Waals surface area (Å²) in [6, 6.07) is 27.6. The maximum absolute atomic E-state index is 13.2. The van der Waals surface area contributed by atoms with Gasteiger partial charge in [0.25, 0.3) is 23.6 Å². The number of fused-ring (bicyclic) bond motifs is 4. The molecular weight excluding hydrogens is 1830 g/mol. The molecule has 1 saturated heterocycles. The molecule has 4 saturated carbocycles. The molecule has 18 rings (SSSR count). The molecule has 0 bridgehead atoms. The van der Waals surface area contributed by atoms with Crippen LogP contribution in [0.5, 0.6) is 23.0 Å². The highest BCUT2D eigenvalue weighted by atomic mass is 16.5. The number of carbonyl (C=O) groups is 8. The Balaban J connectivity index is 0.000000145. The summed E-state index contributed by atoms with van der Waals surface area (Å²) in [5.41, 5.74) is 5.27. The molecule has 0 radical (unpaired) electrons. The first-order valence-corrected chi connectivity index (χ1v) is 50.1. The van der Waals surface area contributed by atoms with Crippen molar-refractivity contribution in [3.63, 3.8) is 0 Å². The molecule has 38 heteroatoms. The Morgan fingerprint density at radius 3 is 0.944 bits per heavy atom. The van der Waals surface area contributed by atoms with Crippen LogP contribution in [0.1, 0.15) is 220 Å². The van der Waals surface area contributed by atoms with Gasteiger partial charge in [-0.2, -0.15) is 19.9 Å². The van der Waals surface area contributed by atoms with Crippen LogP contribution in [0.2, 0.25) is 0 Å². The van der Waals surface area contributed by atoms with Gasteiger partial charge in [-0.1, -0.05) is 64.4 Å². The molecule has 5 fully saturated rings. The Morgan fingerprint density at radius 2 is 0.667 bits per heavy atom. The molecule has 38 nitrogen and oxygen atoms in total. The molecule has 8 amide bonds. The average molecular weight is 1970 g/mol. The maximum Gasteiger partial charge on any atom is 0.256 e. The van der Waals surface area contributed by atoms with Crippen LogP contribution in [-0.2, 0) is 23.9 Å². The van der Waals surface area contributed by atoms with Crippen LogP contribution in [0, 0.1) is 21.7 Å². The van der Waals surface area contributed by atoms with Crippen LogP contribution in [0.15, 0.2) is 122 Å². The number of nitrogens with zero attached hydrogens (tertiary/aromatic N) is 18. The average Bonchev–Trinajstić information content (AvgIpc) is 1.63. The summed E-state index contributed by atoms with van der Waals surface area (Å²) in [5.74, 6) is 6.74. The number of hydrogen-bond acceptors (Lipinski definition) is 30. The first kappa shape index (κ1) is 104. The number of rotatable bonds is 25. The van der Waals surface area contributed by atoms with Gasteiger partial charge in [-0.25, -0.2) is 24.9 Å². The standard InChI is InChI=1S/C28H33N7O3.C27H36N6O4.C26H36N6O3.C25H34N6O3/c1-28(2)17-35(19-9-5-6-10-19)24-21(34(3)26(28)37)16-30-27(33-24)31-20-13-12-18(15-22(20)38-4)25(36)32-23-11-7-8-14-29-23;1-27(2)16-33(18-8-6-7-9-18)23-21(31(3)25(27)35)13-28-26(30-23)29-20-11-10-17(12-22(20)37-5)24(34)32-14-19(15-32)36-4;1-6-13-27-23(33)17-11-12-19(21(14-17)35-5)29-25-28-15-20-22(30-25)32(18-9-7-8-10-18)16-26(2,3)24(34)31(20)4;1-6-26-22(32)16-11-12-18(20(13-16)34-5)28-24-27-14-19-21(29-24)31(17-9-7-8-10-17)15-25(2,3)23(33)30(19)4/h7-8,11-16,19H,5-6,9-10,17H2,1-4H3,(H,29,32,36)(H,30,31,33);10-13,18-19H,6-9,14-16H2,1-5H3,(H,28,29,30);11-12,14-15,18H,6-10,13,16H2,1-5H3,(H,27,33)(H,28,29,30);11-14,17H,6-10,15H2,1-5H3,(H,26,32)(H,27,28,29). The van der Waals surface area contributed by atoms with E-state index in [-0.39, 0.29) is 53.4 Å². The predicted molar refractivity (Wildman–Crippen MR) is 560 cm³/mol. The first-order chi connectivity index (χ1) is 69.0. The minimum atomic E-state index is -0.555. The fourth-order valence-electron chi connectivity index (χ4n) is 20.5. The summed E-state index contributed by atoms with van der Waals surface area (Å²) in [5, 5.41) is 21.5. The second-order valence-electron chi connectivity index (χ2n) is 40.9. The maximum atomic E-state index is 13.2. The third kappa shape index (κ3) is 23.0. The fourth-order valence-corrected chi connectivity index (χ4v) is 20.5. The largest absolute Gasteiger partial charge is 0.495 e. The number of aromatic nitrogens is 9. The first-order valence-electron chi connectivity index (χ1n) is 50.1. The molecule has 0 spiro atoms. The van der Waals surface area contributed by atoms with Crippen LogP contribution >= 0.6 is 0 Å². The van der Waals surface area contributed by atoms with Gasteiger partial charge in [0.05, 0.1) is 104 Å². The van der Waals surface area contributed by atoms with Crippen LogP contribution in [0.3, 0.4) is 0 Å². The van der Waals surface area contributed by atoms with Gasteiger partial charge in [-0.3, -0.25) is 38.4 Å². The molecule has 0 unspecified atom stereocenters. The lowest BCUT2D eigenvalue weighted by Crippen LogP contribution is -2.54. The van der Waals surface area contributed by atoms with E-state index in [0.717, 1.165) is 81.1 Å². The number of ether oxygens (including phenoxy) is 5. The van der Waals surface area contributed by atoms with E-state index < -0.39 is 21.7 Å². The Kier molecular flexibility index (Phi) is 32.3. The fraction of sp³-hybridized carbons (Fsp3) is 0.500. The quantitative estimate of drug-likeness (QED) is 0.0279. The topological polar surface area (TPSA) is 412 Å². The van der Waals surface area contributed by atoms with Crippen molar-refractivity contribution >= 4 is 146 Å². The van der Waals surface area contributed by atoms with Crippen molar-refractivity contribution in [3.05, 3.63) is 144 Å². The predicted octanol–water partition coefficient (Wildman–Crippen LogP) is 15.9. The zero-order chi connectivity index (χ0) is 103. The van der Waals surface area contributed by atoms with E-state index in [4.69, 9.17) is 43.6 Å². The number of amides is 8. The summed E-state index contributed by atoms with van der Waals surface area (Å²) < 4.78 is 27.5. The van der Waals surface area contributed by atoms with Gasteiger partial charge in [-0.15, -0.1) is 0 Å². The highest BCUT2D eigenvalue weighted by molar-refractivity contribution is 6.06. The number of methoxy groups -OCH3 is 5. The van der Waals surface area contributed by atoms with E-state index in [0.29, 0.717) is 197 Å². The van der Waals surface area contributed by atoms with E-state index in [9.17, 15) is 38.4 Å². The monoisotopic (exact) mass is 1970 g/mol. The van der Waals surface area contributed by atoms with Crippen LogP contribution in [0.25, 0.3) is 0 Å². The van der Waals surface area contributed by atoms with Gasteiger partial charge < -0.3 is 105 Å². The second kappa shape index (κ2) is 44.7. The zero-order valence-electron chi connectivity index (χ0n) is 86.5. The van der Waals surface area contributed by atoms with Crippen molar-refractivity contribution in [3.8, 4) is 23.0 Å². The number of carbonyl (C=O) groups excluding carboxylic acids is 8. The lowest BCUT2D eigenvalue weighted by molar-refractivity contribution is -0.126. The molecule has 766 valence electrons. The molecule has 144 heavy (non-hydrogen) atoms. The summed E-state index contributed by atoms with van der Waals surface area (Å²) in [7, 11) is 15.1. The molecule has 4 aliphatic carbocycles. The van der Waals surface area contributed by atoms with Crippen molar-refractivity contribution in [2.24, 2.45) is 21.7 Å². The molecule has 5 aliphatic heterocycles. The number of nitrogens with one attached hydrogen (secondary N) is 7. The highest BCUT2D eigenvalue weighted by Gasteiger charge is 2.48. The van der Waals surface area contributed by atoms with E-state index in [1.807, 2.05) is 75.3 Å². The van der Waals surface area contributed by atoms with Crippen molar-refractivity contribution in [1.82, 2.24) is 60.4 Å². The van der Waals surface area contributed by atoms with Gasteiger partial charge in [-0.05, 0) is 205 Å². The number of pyridine rings is 1. The number of anilines is 17. The minimum absolute atomic E-state index is 0.0461. The Morgan fingerprint density at radius 1 is 0.375 bits per heavy atom. The van der Waals surface area contributed by atoms with Gasteiger partial charge in [0.15, 0.2) is 23.3 Å². The smallest absolute Gasteiger partial charge is 0.256 e. The van der Waals surface area contributed by atoms with Gasteiger partial charge in [0.1, 0.15) is 51.6 Å². The normalized spacial score (nSPS) is 18.1. The third-order valence-electron chi connectivity index (χ3n) is 28.5. The van der Waals surface area contributed by atoms with Crippen molar-refractivity contribution in [2.75, 3.05) is 182 Å². The summed E-state index contributed by atoms with van der Waals surface area (Å²) in [6.45, 7) is 24.6. The Labute approximate surface area is 843 Å². The number of likely N-dealkylation sites (tertiary alicyclic amines) is 1. The Bertz CT molecular complexity index is 6170. The van der Waals surface area contributed by atoms with E-state index >= 15 is 0 Å². The van der Waals surface area contributed by atoms with Crippen molar-refractivity contribution < 1.29 is 62.0 Å². The lowest BCUT2D eigenvalue weighted by atomic mass is 9.91. The summed E-state index contributed by atoms with van der Waals surface area (Å²) in [6.07, 6.45) is 27.6.